The third kappa shape index (κ3) is 2.50. The SMILES string of the molecule is C[C@@H](O)Cn1cc(F)c(S(N)(=O)=O)n1. The van der Waals surface area contributed by atoms with Crippen molar-refractivity contribution in [3.63, 3.8) is 0 Å². The van der Waals surface area contributed by atoms with Crippen LogP contribution in [-0.2, 0) is 16.6 Å². The summed E-state index contributed by atoms with van der Waals surface area (Å²) in [5.41, 5.74) is 0. The second-order valence-corrected chi connectivity index (χ2v) is 4.37. The minimum atomic E-state index is -4.14. The maximum absolute atomic E-state index is 12.9. The highest BCUT2D eigenvalue weighted by Gasteiger charge is 2.19. The predicted molar refractivity (Wildman–Crippen MR) is 45.2 cm³/mol. The molecule has 1 heterocycles. The van der Waals surface area contributed by atoms with Crippen molar-refractivity contribution in [3.05, 3.63) is 12.0 Å². The van der Waals surface area contributed by atoms with E-state index in [2.05, 4.69) is 5.10 Å². The molecule has 0 aliphatic heterocycles. The fraction of sp³-hybridized carbons (Fsp3) is 0.500. The van der Waals surface area contributed by atoms with Gasteiger partial charge in [-0.3, -0.25) is 4.68 Å². The van der Waals surface area contributed by atoms with Crippen LogP contribution in [0.25, 0.3) is 0 Å². The van der Waals surface area contributed by atoms with Crippen molar-refractivity contribution in [1.82, 2.24) is 9.78 Å². The van der Waals surface area contributed by atoms with Gasteiger partial charge in [0.2, 0.25) is 5.03 Å². The maximum Gasteiger partial charge on any atom is 0.260 e. The van der Waals surface area contributed by atoms with Gasteiger partial charge >= 0.3 is 0 Å². The summed E-state index contributed by atoms with van der Waals surface area (Å²) in [6.07, 6.45) is 0.120. The number of hydrogen-bond donors (Lipinski definition) is 2. The van der Waals surface area contributed by atoms with Gasteiger partial charge in [-0.1, -0.05) is 0 Å². The van der Waals surface area contributed by atoms with Gasteiger partial charge in [0.05, 0.1) is 18.8 Å². The van der Waals surface area contributed by atoms with Gasteiger partial charge in [0.25, 0.3) is 10.0 Å². The van der Waals surface area contributed by atoms with Gasteiger partial charge in [-0.2, -0.15) is 5.10 Å². The third-order valence-corrected chi connectivity index (χ3v) is 2.22. The van der Waals surface area contributed by atoms with Crippen LogP contribution in [0.1, 0.15) is 6.92 Å². The molecule has 0 fully saturated rings. The molecule has 0 aliphatic carbocycles. The molecule has 0 aromatic carbocycles. The summed E-state index contributed by atoms with van der Waals surface area (Å²) in [6.45, 7) is 1.47. The van der Waals surface area contributed by atoms with Gasteiger partial charge in [-0.15, -0.1) is 0 Å². The first kappa shape index (κ1) is 11.1. The zero-order valence-corrected chi connectivity index (χ0v) is 8.20. The average molecular weight is 223 g/mol. The molecule has 0 saturated carbocycles. The Morgan fingerprint density at radius 2 is 2.36 bits per heavy atom. The molecule has 0 saturated heterocycles. The van der Waals surface area contributed by atoms with Crippen LogP contribution in [0.3, 0.4) is 0 Å². The topological polar surface area (TPSA) is 98.2 Å². The van der Waals surface area contributed by atoms with E-state index in [1.165, 1.54) is 6.92 Å². The van der Waals surface area contributed by atoms with Crippen LogP contribution in [-0.4, -0.2) is 29.4 Å². The molecule has 3 N–H and O–H groups in total. The molecular weight excluding hydrogens is 213 g/mol. The number of aliphatic hydroxyl groups is 1. The number of primary sulfonamides is 1. The molecule has 1 aromatic rings. The zero-order valence-electron chi connectivity index (χ0n) is 7.38. The molecule has 0 bridgehead atoms. The highest BCUT2D eigenvalue weighted by molar-refractivity contribution is 7.89. The summed E-state index contributed by atoms with van der Waals surface area (Å²) in [6, 6.07) is 0. The van der Waals surface area contributed by atoms with E-state index in [9.17, 15) is 12.8 Å². The van der Waals surface area contributed by atoms with Gasteiger partial charge in [0.1, 0.15) is 0 Å². The minimum absolute atomic E-state index is 0.00639. The van der Waals surface area contributed by atoms with Crippen molar-refractivity contribution in [2.75, 3.05) is 0 Å². The van der Waals surface area contributed by atoms with Crippen molar-refractivity contribution < 1.29 is 17.9 Å². The van der Waals surface area contributed by atoms with Crippen molar-refractivity contribution in [3.8, 4) is 0 Å². The van der Waals surface area contributed by atoms with Crippen LogP contribution in [0.4, 0.5) is 4.39 Å². The number of aromatic nitrogens is 2. The molecule has 0 amide bonds. The van der Waals surface area contributed by atoms with Gasteiger partial charge < -0.3 is 5.11 Å². The van der Waals surface area contributed by atoms with E-state index in [1.807, 2.05) is 0 Å². The van der Waals surface area contributed by atoms with Crippen molar-refractivity contribution >= 4 is 10.0 Å². The maximum atomic E-state index is 12.9. The van der Waals surface area contributed by atoms with Crippen LogP contribution in [0.5, 0.6) is 0 Å². The van der Waals surface area contributed by atoms with Crippen LogP contribution in [0.15, 0.2) is 11.2 Å². The molecule has 6 nitrogen and oxygen atoms in total. The van der Waals surface area contributed by atoms with E-state index in [-0.39, 0.29) is 6.54 Å². The molecule has 80 valence electrons. The first-order valence-corrected chi connectivity index (χ1v) is 5.29. The molecular formula is C6H10FN3O3S. The number of halogens is 1. The molecule has 1 atom stereocenters. The Morgan fingerprint density at radius 1 is 1.79 bits per heavy atom. The lowest BCUT2D eigenvalue weighted by atomic mass is 10.4. The Hall–Kier alpha value is -0.990. The van der Waals surface area contributed by atoms with Crippen molar-refractivity contribution in [2.24, 2.45) is 5.14 Å². The Morgan fingerprint density at radius 3 is 2.71 bits per heavy atom. The average Bonchev–Trinajstić information content (AvgIpc) is 2.27. The molecule has 14 heavy (non-hydrogen) atoms. The number of hydrogen-bond acceptors (Lipinski definition) is 4. The number of nitrogens with two attached hydrogens (primary N) is 1. The monoisotopic (exact) mass is 223 g/mol. The molecule has 0 radical (unpaired) electrons. The second kappa shape index (κ2) is 3.64. The lowest BCUT2D eigenvalue weighted by molar-refractivity contribution is 0.168. The number of rotatable bonds is 3. The molecule has 0 aliphatic rings. The predicted octanol–water partition coefficient (Wildman–Crippen LogP) is -0.950. The number of sulfonamides is 1. The van der Waals surface area contributed by atoms with E-state index < -0.39 is 27.0 Å². The summed E-state index contributed by atoms with van der Waals surface area (Å²) in [7, 11) is -4.14. The van der Waals surface area contributed by atoms with E-state index >= 15 is 0 Å². The third-order valence-electron chi connectivity index (χ3n) is 1.41. The summed E-state index contributed by atoms with van der Waals surface area (Å²) < 4.78 is 35.4. The lowest BCUT2D eigenvalue weighted by Gasteiger charge is -2.02. The molecule has 1 aromatic heterocycles. The van der Waals surface area contributed by atoms with Crippen LogP contribution >= 0.6 is 0 Å². The second-order valence-electron chi connectivity index (χ2n) is 2.90. The highest BCUT2D eigenvalue weighted by atomic mass is 32.2. The summed E-state index contributed by atoms with van der Waals surface area (Å²) in [5.74, 6) is -1.02. The van der Waals surface area contributed by atoms with Crippen molar-refractivity contribution in [1.29, 1.82) is 0 Å². The van der Waals surface area contributed by atoms with Crippen LogP contribution in [0.2, 0.25) is 0 Å². The van der Waals surface area contributed by atoms with E-state index in [4.69, 9.17) is 10.2 Å². The molecule has 0 spiro atoms. The van der Waals surface area contributed by atoms with Gasteiger partial charge in [-0.05, 0) is 6.92 Å². The number of nitrogens with zero attached hydrogens (tertiary/aromatic N) is 2. The standard InChI is InChI=1S/C6H10FN3O3S/c1-4(11)2-10-3-5(7)6(9-10)14(8,12)13/h3-4,11H,2H2,1H3,(H2,8,12,13)/t4-/m1/s1. The fourth-order valence-electron chi connectivity index (χ4n) is 0.936. The summed E-state index contributed by atoms with van der Waals surface area (Å²) in [4.78, 5) is 0. The Balaban J connectivity index is 3.06. The summed E-state index contributed by atoms with van der Waals surface area (Å²) >= 11 is 0. The van der Waals surface area contributed by atoms with E-state index in [0.717, 1.165) is 10.9 Å². The fourth-order valence-corrected chi connectivity index (χ4v) is 1.48. The number of aliphatic hydroxyl groups excluding tert-OH is 1. The quantitative estimate of drug-likeness (QED) is 0.690. The minimum Gasteiger partial charge on any atom is -0.391 e. The summed E-state index contributed by atoms with van der Waals surface area (Å²) in [5, 5.41) is 16.2. The first-order chi connectivity index (χ1) is 6.30. The normalized spacial score (nSPS) is 14.3. The first-order valence-electron chi connectivity index (χ1n) is 3.74. The smallest absolute Gasteiger partial charge is 0.260 e. The van der Waals surface area contributed by atoms with Gasteiger partial charge in [-0.25, -0.2) is 17.9 Å². The largest absolute Gasteiger partial charge is 0.391 e. The van der Waals surface area contributed by atoms with E-state index in [0.29, 0.717) is 0 Å². The lowest BCUT2D eigenvalue weighted by Crippen LogP contribution is -2.16. The van der Waals surface area contributed by atoms with Crippen LogP contribution in [0, 0.1) is 5.82 Å². The van der Waals surface area contributed by atoms with E-state index in [1.54, 1.807) is 0 Å². The van der Waals surface area contributed by atoms with Crippen LogP contribution < -0.4 is 5.14 Å². The molecule has 8 heteroatoms. The Kier molecular flexibility index (Phi) is 2.88. The Labute approximate surface area is 80.2 Å². The van der Waals surface area contributed by atoms with Crippen molar-refractivity contribution in [2.45, 2.75) is 24.6 Å². The zero-order chi connectivity index (χ0) is 10.9. The molecule has 1 rings (SSSR count). The van der Waals surface area contributed by atoms with Gasteiger partial charge in [0.15, 0.2) is 5.82 Å². The highest BCUT2D eigenvalue weighted by Crippen LogP contribution is 2.09. The Bertz CT molecular complexity index is 426. The molecule has 0 unspecified atom stereocenters. The van der Waals surface area contributed by atoms with Gasteiger partial charge in [0, 0.05) is 0 Å².